The van der Waals surface area contributed by atoms with Gasteiger partial charge in [-0.3, -0.25) is 4.79 Å². The Bertz CT molecular complexity index is 910. The molecule has 3 aromatic rings. The molecule has 2 aromatic carbocycles. The van der Waals surface area contributed by atoms with Crippen LogP contribution in [0.5, 0.6) is 5.75 Å². The van der Waals surface area contributed by atoms with Crippen LogP contribution >= 0.6 is 11.8 Å². The lowest BCUT2D eigenvalue weighted by Crippen LogP contribution is -2.15. The average Bonchev–Trinajstić information content (AvgIpc) is 3.10. The summed E-state index contributed by atoms with van der Waals surface area (Å²) in [6.45, 7) is 5.51. The normalized spacial score (nSPS) is 10.7. The topological polar surface area (TPSA) is 69.0 Å². The molecule has 0 fully saturated rings. The number of carbonyl (C=O) groups is 1. The predicted molar refractivity (Wildman–Crippen MR) is 117 cm³/mol. The minimum absolute atomic E-state index is 0.0742. The molecule has 3 rings (SSSR count). The summed E-state index contributed by atoms with van der Waals surface area (Å²) in [5.41, 5.74) is 1.95. The Balaban J connectivity index is 1.59. The van der Waals surface area contributed by atoms with Crippen LogP contribution in [-0.4, -0.2) is 33.0 Å². The molecule has 0 aliphatic heterocycles. The lowest BCUT2D eigenvalue weighted by Gasteiger charge is -2.09. The first-order valence-corrected chi connectivity index (χ1v) is 10.8. The summed E-state index contributed by atoms with van der Waals surface area (Å²) in [5, 5.41) is 12.4. The molecule has 0 aliphatic rings. The molecule has 6 nitrogen and oxygen atoms in total. The van der Waals surface area contributed by atoms with Crippen molar-refractivity contribution in [3.8, 4) is 5.75 Å². The Morgan fingerprint density at radius 2 is 1.83 bits per heavy atom. The third kappa shape index (κ3) is 6.09. The first kappa shape index (κ1) is 20.9. The number of ether oxygens (including phenoxy) is 1. The van der Waals surface area contributed by atoms with Gasteiger partial charge in [0.15, 0.2) is 5.16 Å². The molecule has 0 saturated heterocycles. The molecule has 0 aliphatic carbocycles. The molecular formula is C22H26N4O2S. The SMILES string of the molecule is CCCn1c(Cc2ccccc2)nnc1SCC(=O)Nc1ccc(OCC)cc1. The highest BCUT2D eigenvalue weighted by Crippen LogP contribution is 2.21. The van der Waals surface area contributed by atoms with Crippen LogP contribution in [0.1, 0.15) is 31.7 Å². The molecule has 1 heterocycles. The molecule has 0 unspecified atom stereocenters. The number of amides is 1. The molecule has 0 spiro atoms. The second-order valence-corrected chi connectivity index (χ2v) is 7.45. The molecule has 0 radical (unpaired) electrons. The summed E-state index contributed by atoms with van der Waals surface area (Å²) >= 11 is 1.41. The summed E-state index contributed by atoms with van der Waals surface area (Å²) in [7, 11) is 0. The number of nitrogens with zero attached hydrogens (tertiary/aromatic N) is 3. The van der Waals surface area contributed by atoms with E-state index in [0.717, 1.165) is 41.8 Å². The maximum Gasteiger partial charge on any atom is 0.234 e. The summed E-state index contributed by atoms with van der Waals surface area (Å²) < 4.78 is 7.53. The first-order chi connectivity index (χ1) is 14.2. The molecular weight excluding hydrogens is 384 g/mol. The summed E-state index contributed by atoms with van der Waals surface area (Å²) in [4.78, 5) is 12.3. The van der Waals surface area contributed by atoms with Gasteiger partial charge in [0.25, 0.3) is 0 Å². The fourth-order valence-electron chi connectivity index (χ4n) is 2.91. The molecule has 7 heteroatoms. The molecule has 0 atom stereocenters. The van der Waals surface area contributed by atoms with E-state index < -0.39 is 0 Å². The van der Waals surface area contributed by atoms with Crippen LogP contribution in [0.15, 0.2) is 59.8 Å². The van der Waals surface area contributed by atoms with Crippen molar-refractivity contribution in [2.24, 2.45) is 0 Å². The van der Waals surface area contributed by atoms with Gasteiger partial charge in [-0.25, -0.2) is 0 Å². The lowest BCUT2D eigenvalue weighted by molar-refractivity contribution is -0.113. The van der Waals surface area contributed by atoms with Crippen molar-refractivity contribution < 1.29 is 9.53 Å². The van der Waals surface area contributed by atoms with Gasteiger partial charge in [0.1, 0.15) is 11.6 Å². The zero-order chi connectivity index (χ0) is 20.5. The van der Waals surface area contributed by atoms with Crippen LogP contribution in [0, 0.1) is 0 Å². The quantitative estimate of drug-likeness (QED) is 0.502. The molecule has 29 heavy (non-hydrogen) atoms. The van der Waals surface area contributed by atoms with E-state index in [2.05, 4.69) is 39.1 Å². The van der Waals surface area contributed by atoms with Crippen molar-refractivity contribution >= 4 is 23.4 Å². The molecule has 0 bridgehead atoms. The number of aromatic nitrogens is 3. The number of rotatable bonds is 10. The van der Waals surface area contributed by atoms with Crippen LogP contribution in [0.3, 0.4) is 0 Å². The van der Waals surface area contributed by atoms with Crippen LogP contribution in [0.4, 0.5) is 5.69 Å². The van der Waals surface area contributed by atoms with Crippen LogP contribution in [-0.2, 0) is 17.8 Å². The van der Waals surface area contributed by atoms with Gasteiger partial charge in [-0.1, -0.05) is 49.0 Å². The van der Waals surface area contributed by atoms with E-state index in [-0.39, 0.29) is 11.7 Å². The van der Waals surface area contributed by atoms with Gasteiger partial charge >= 0.3 is 0 Å². The van der Waals surface area contributed by atoms with E-state index in [4.69, 9.17) is 4.74 Å². The second-order valence-electron chi connectivity index (χ2n) is 6.51. The van der Waals surface area contributed by atoms with Crippen molar-refractivity contribution in [2.45, 2.75) is 38.4 Å². The third-order valence-electron chi connectivity index (χ3n) is 4.23. The van der Waals surface area contributed by atoms with Crippen LogP contribution < -0.4 is 10.1 Å². The Kier molecular flexibility index (Phi) is 7.69. The monoisotopic (exact) mass is 410 g/mol. The van der Waals surface area contributed by atoms with Gasteiger partial charge in [-0.15, -0.1) is 10.2 Å². The van der Waals surface area contributed by atoms with E-state index in [1.807, 2.05) is 49.4 Å². The lowest BCUT2D eigenvalue weighted by atomic mass is 10.1. The van der Waals surface area contributed by atoms with E-state index in [0.29, 0.717) is 6.61 Å². The zero-order valence-corrected chi connectivity index (χ0v) is 17.6. The van der Waals surface area contributed by atoms with E-state index >= 15 is 0 Å². The van der Waals surface area contributed by atoms with Crippen molar-refractivity contribution in [1.82, 2.24) is 14.8 Å². The molecule has 0 saturated carbocycles. The minimum Gasteiger partial charge on any atom is -0.494 e. The number of benzene rings is 2. The standard InChI is InChI=1S/C22H26N4O2S/c1-3-14-26-20(15-17-8-6-5-7-9-17)24-25-22(26)29-16-21(27)23-18-10-12-19(13-11-18)28-4-2/h5-13H,3-4,14-16H2,1-2H3,(H,23,27). The number of hydrogen-bond acceptors (Lipinski definition) is 5. The van der Waals surface area contributed by atoms with E-state index in [1.165, 1.54) is 17.3 Å². The minimum atomic E-state index is -0.0742. The highest BCUT2D eigenvalue weighted by atomic mass is 32.2. The number of hydrogen-bond donors (Lipinski definition) is 1. The summed E-state index contributed by atoms with van der Waals surface area (Å²) in [6, 6.07) is 17.6. The maximum atomic E-state index is 12.3. The average molecular weight is 411 g/mol. The first-order valence-electron chi connectivity index (χ1n) is 9.81. The molecule has 152 valence electrons. The number of anilines is 1. The van der Waals surface area contributed by atoms with Gasteiger partial charge < -0.3 is 14.6 Å². The van der Waals surface area contributed by atoms with Crippen LogP contribution in [0.25, 0.3) is 0 Å². The number of thioether (sulfide) groups is 1. The van der Waals surface area contributed by atoms with Crippen LogP contribution in [0.2, 0.25) is 0 Å². The second kappa shape index (κ2) is 10.7. The molecule has 1 aromatic heterocycles. The van der Waals surface area contributed by atoms with Crippen molar-refractivity contribution in [1.29, 1.82) is 0 Å². The molecule has 1 N–H and O–H groups in total. The summed E-state index contributed by atoms with van der Waals surface area (Å²) in [6.07, 6.45) is 1.71. The summed E-state index contributed by atoms with van der Waals surface area (Å²) in [5.74, 6) is 1.92. The zero-order valence-electron chi connectivity index (χ0n) is 16.8. The fraction of sp³-hybridized carbons (Fsp3) is 0.318. The smallest absolute Gasteiger partial charge is 0.234 e. The number of nitrogens with one attached hydrogen (secondary N) is 1. The van der Waals surface area contributed by atoms with Crippen molar-refractivity contribution in [3.63, 3.8) is 0 Å². The Hall–Kier alpha value is -2.80. The van der Waals surface area contributed by atoms with Crippen molar-refractivity contribution in [2.75, 3.05) is 17.7 Å². The van der Waals surface area contributed by atoms with Gasteiger partial charge in [0.2, 0.25) is 5.91 Å². The predicted octanol–water partition coefficient (Wildman–Crippen LogP) is 4.41. The van der Waals surface area contributed by atoms with Gasteiger partial charge in [-0.2, -0.15) is 0 Å². The number of carbonyl (C=O) groups excluding carboxylic acids is 1. The maximum absolute atomic E-state index is 12.3. The van der Waals surface area contributed by atoms with E-state index in [9.17, 15) is 4.79 Å². The fourth-order valence-corrected chi connectivity index (χ4v) is 3.69. The Labute approximate surface area is 175 Å². The molecule has 1 amide bonds. The van der Waals surface area contributed by atoms with E-state index in [1.54, 1.807) is 0 Å². The Morgan fingerprint density at radius 3 is 2.52 bits per heavy atom. The highest BCUT2D eigenvalue weighted by Gasteiger charge is 2.14. The van der Waals surface area contributed by atoms with Gasteiger partial charge in [0.05, 0.1) is 12.4 Å². The third-order valence-corrected chi connectivity index (χ3v) is 5.19. The van der Waals surface area contributed by atoms with Gasteiger partial charge in [-0.05, 0) is 43.2 Å². The largest absolute Gasteiger partial charge is 0.494 e. The highest BCUT2D eigenvalue weighted by molar-refractivity contribution is 7.99. The Morgan fingerprint density at radius 1 is 1.07 bits per heavy atom. The van der Waals surface area contributed by atoms with Gasteiger partial charge in [0, 0.05) is 18.7 Å². The van der Waals surface area contributed by atoms with Crippen molar-refractivity contribution in [3.05, 3.63) is 66.0 Å².